The van der Waals surface area contributed by atoms with Gasteiger partial charge in [0.15, 0.2) is 0 Å². The summed E-state index contributed by atoms with van der Waals surface area (Å²) in [4.78, 5) is 19.6. The molecule has 1 aliphatic carbocycles. The number of hydrogen-bond donors (Lipinski definition) is 3. The highest BCUT2D eigenvalue weighted by Crippen LogP contribution is 2.30. The molecule has 1 saturated carbocycles. The van der Waals surface area contributed by atoms with Gasteiger partial charge in [-0.05, 0) is 37.3 Å². The largest absolute Gasteiger partial charge is 0.357 e. The lowest BCUT2D eigenvalue weighted by atomic mass is 9.81. The molecule has 3 fully saturated rings. The molecule has 1 amide bonds. The molecule has 6 nitrogen and oxygen atoms in total. The SMILES string of the molecule is O=C(NCc1ccc(N2CCCCCC2)nc1)C1NNC2CCCCC21. The Hall–Kier alpha value is -1.66. The van der Waals surface area contributed by atoms with Gasteiger partial charge in [0, 0.05) is 37.8 Å². The summed E-state index contributed by atoms with van der Waals surface area (Å²) in [6.45, 7) is 2.75. The molecule has 26 heavy (non-hydrogen) atoms. The molecule has 1 aromatic rings. The number of anilines is 1. The molecule has 0 radical (unpaired) electrons. The average Bonchev–Trinajstić information content (AvgIpc) is 2.93. The fourth-order valence-corrected chi connectivity index (χ4v) is 4.61. The van der Waals surface area contributed by atoms with Crippen LogP contribution in [0.2, 0.25) is 0 Å². The summed E-state index contributed by atoms with van der Waals surface area (Å²) in [6, 6.07) is 4.54. The van der Waals surface area contributed by atoms with E-state index in [-0.39, 0.29) is 11.9 Å². The lowest BCUT2D eigenvalue weighted by molar-refractivity contribution is -0.124. The third-order valence-electron chi connectivity index (χ3n) is 6.16. The molecule has 0 aromatic carbocycles. The van der Waals surface area contributed by atoms with Crippen LogP contribution in [0.3, 0.4) is 0 Å². The van der Waals surface area contributed by atoms with Crippen molar-refractivity contribution in [3.8, 4) is 0 Å². The first-order valence-corrected chi connectivity index (χ1v) is 10.3. The second-order valence-corrected chi connectivity index (χ2v) is 7.96. The Morgan fingerprint density at radius 2 is 1.88 bits per heavy atom. The maximum absolute atomic E-state index is 12.6. The third kappa shape index (κ3) is 4.01. The van der Waals surface area contributed by atoms with E-state index in [2.05, 4.69) is 38.2 Å². The molecule has 6 heteroatoms. The number of pyridine rings is 1. The van der Waals surface area contributed by atoms with E-state index in [1.54, 1.807) is 0 Å². The lowest BCUT2D eigenvalue weighted by Gasteiger charge is -2.26. The Balaban J connectivity index is 1.29. The number of amides is 1. The van der Waals surface area contributed by atoms with Crippen LogP contribution in [0.5, 0.6) is 0 Å². The topological polar surface area (TPSA) is 69.3 Å². The zero-order chi connectivity index (χ0) is 17.8. The van der Waals surface area contributed by atoms with Crippen LogP contribution >= 0.6 is 0 Å². The van der Waals surface area contributed by atoms with Gasteiger partial charge in [-0.15, -0.1) is 0 Å². The number of carbonyl (C=O) groups excluding carboxylic acids is 1. The van der Waals surface area contributed by atoms with Crippen LogP contribution in [0.25, 0.3) is 0 Å². The van der Waals surface area contributed by atoms with Crippen molar-refractivity contribution in [1.82, 2.24) is 21.2 Å². The van der Waals surface area contributed by atoms with Gasteiger partial charge in [-0.25, -0.2) is 10.4 Å². The van der Waals surface area contributed by atoms with Gasteiger partial charge in [0.2, 0.25) is 5.91 Å². The minimum Gasteiger partial charge on any atom is -0.357 e. The monoisotopic (exact) mass is 357 g/mol. The molecular weight excluding hydrogens is 326 g/mol. The number of hydrogen-bond acceptors (Lipinski definition) is 5. The predicted molar refractivity (Wildman–Crippen MR) is 103 cm³/mol. The molecule has 0 spiro atoms. The number of nitrogens with one attached hydrogen (secondary N) is 3. The van der Waals surface area contributed by atoms with Gasteiger partial charge < -0.3 is 10.2 Å². The van der Waals surface area contributed by atoms with Gasteiger partial charge >= 0.3 is 0 Å². The standard InChI is InChI=1S/C20H31N5O/c26-20(19-16-7-3-4-8-17(16)23-24-19)22-14-15-9-10-18(21-13-15)25-11-5-1-2-6-12-25/h9-10,13,16-17,19,23-24H,1-8,11-12,14H2,(H,22,26). The maximum Gasteiger partial charge on any atom is 0.239 e. The van der Waals surface area contributed by atoms with Crippen molar-refractivity contribution < 1.29 is 4.79 Å². The maximum atomic E-state index is 12.6. The Morgan fingerprint density at radius 1 is 1.08 bits per heavy atom. The van der Waals surface area contributed by atoms with Gasteiger partial charge in [0.05, 0.1) is 0 Å². The summed E-state index contributed by atoms with van der Waals surface area (Å²) in [5, 5.41) is 3.09. The van der Waals surface area contributed by atoms with Crippen molar-refractivity contribution in [2.24, 2.45) is 5.92 Å². The summed E-state index contributed by atoms with van der Waals surface area (Å²) in [7, 11) is 0. The van der Waals surface area contributed by atoms with E-state index in [0.717, 1.165) is 30.9 Å². The molecule has 2 aliphatic heterocycles. The first-order valence-electron chi connectivity index (χ1n) is 10.3. The van der Waals surface area contributed by atoms with E-state index < -0.39 is 0 Å². The molecule has 4 rings (SSSR count). The number of hydrazine groups is 1. The predicted octanol–water partition coefficient (Wildman–Crippen LogP) is 2.11. The van der Waals surface area contributed by atoms with Gasteiger partial charge in [0.1, 0.15) is 11.9 Å². The summed E-state index contributed by atoms with van der Waals surface area (Å²) in [6.07, 6.45) is 11.9. The van der Waals surface area contributed by atoms with Gasteiger partial charge in [-0.3, -0.25) is 10.2 Å². The first-order chi connectivity index (χ1) is 12.8. The van der Waals surface area contributed by atoms with E-state index in [0.29, 0.717) is 18.5 Å². The minimum atomic E-state index is -0.107. The van der Waals surface area contributed by atoms with Crippen molar-refractivity contribution in [2.75, 3.05) is 18.0 Å². The molecular formula is C20H31N5O. The van der Waals surface area contributed by atoms with Gasteiger partial charge in [0.25, 0.3) is 0 Å². The van der Waals surface area contributed by atoms with Crippen molar-refractivity contribution in [3.05, 3.63) is 23.9 Å². The van der Waals surface area contributed by atoms with Crippen LogP contribution in [0.4, 0.5) is 5.82 Å². The molecule has 2 saturated heterocycles. The second-order valence-electron chi connectivity index (χ2n) is 7.96. The fraction of sp³-hybridized carbons (Fsp3) is 0.700. The van der Waals surface area contributed by atoms with Crippen molar-refractivity contribution in [3.63, 3.8) is 0 Å². The quantitative estimate of drug-likeness (QED) is 0.770. The lowest BCUT2D eigenvalue weighted by Crippen LogP contribution is -2.45. The number of nitrogens with zero attached hydrogens (tertiary/aromatic N) is 2. The summed E-state index contributed by atoms with van der Waals surface area (Å²) < 4.78 is 0. The normalized spacial score (nSPS) is 29.1. The third-order valence-corrected chi connectivity index (χ3v) is 6.16. The van der Waals surface area contributed by atoms with Crippen LogP contribution in [0.15, 0.2) is 18.3 Å². The Kier molecular flexibility index (Phi) is 5.70. The molecule has 3 aliphatic rings. The van der Waals surface area contributed by atoms with E-state index in [9.17, 15) is 4.79 Å². The molecule has 3 heterocycles. The number of rotatable bonds is 4. The molecule has 142 valence electrons. The molecule has 3 atom stereocenters. The number of fused-ring (bicyclic) bond motifs is 1. The van der Waals surface area contributed by atoms with Crippen LogP contribution < -0.4 is 21.1 Å². The minimum absolute atomic E-state index is 0.100. The molecule has 3 N–H and O–H groups in total. The zero-order valence-electron chi connectivity index (χ0n) is 15.5. The van der Waals surface area contributed by atoms with Crippen molar-refractivity contribution >= 4 is 11.7 Å². The van der Waals surface area contributed by atoms with Crippen LogP contribution in [0.1, 0.15) is 56.9 Å². The molecule has 1 aromatic heterocycles. The second kappa shape index (κ2) is 8.35. The van der Waals surface area contributed by atoms with Crippen molar-refractivity contribution in [2.45, 2.75) is 70.0 Å². The molecule has 0 bridgehead atoms. The van der Waals surface area contributed by atoms with Crippen LogP contribution in [-0.4, -0.2) is 36.1 Å². The van der Waals surface area contributed by atoms with E-state index in [1.165, 1.54) is 44.9 Å². The number of carbonyl (C=O) groups is 1. The summed E-state index contributed by atoms with van der Waals surface area (Å²) in [5.74, 6) is 1.59. The van der Waals surface area contributed by atoms with Gasteiger partial charge in [-0.2, -0.15) is 0 Å². The zero-order valence-corrected chi connectivity index (χ0v) is 15.5. The smallest absolute Gasteiger partial charge is 0.239 e. The highest BCUT2D eigenvalue weighted by molar-refractivity contribution is 5.82. The van der Waals surface area contributed by atoms with Gasteiger partial charge in [-0.1, -0.05) is 31.7 Å². The highest BCUT2D eigenvalue weighted by atomic mass is 16.2. The summed E-state index contributed by atoms with van der Waals surface area (Å²) in [5.41, 5.74) is 7.57. The summed E-state index contributed by atoms with van der Waals surface area (Å²) >= 11 is 0. The average molecular weight is 358 g/mol. The van der Waals surface area contributed by atoms with E-state index >= 15 is 0 Å². The Morgan fingerprint density at radius 3 is 2.65 bits per heavy atom. The van der Waals surface area contributed by atoms with E-state index in [1.807, 2.05) is 6.20 Å². The Bertz CT molecular complexity index is 597. The fourth-order valence-electron chi connectivity index (χ4n) is 4.61. The van der Waals surface area contributed by atoms with Crippen LogP contribution in [0, 0.1) is 5.92 Å². The number of aromatic nitrogens is 1. The highest BCUT2D eigenvalue weighted by Gasteiger charge is 2.40. The van der Waals surface area contributed by atoms with Crippen LogP contribution in [-0.2, 0) is 11.3 Å². The molecule has 3 unspecified atom stereocenters. The van der Waals surface area contributed by atoms with Crippen molar-refractivity contribution in [1.29, 1.82) is 0 Å². The van der Waals surface area contributed by atoms with E-state index in [4.69, 9.17) is 0 Å². The first kappa shape index (κ1) is 17.7. The Labute approximate surface area is 156 Å².